The van der Waals surface area contributed by atoms with Crippen molar-refractivity contribution in [1.29, 1.82) is 0 Å². The van der Waals surface area contributed by atoms with E-state index in [-0.39, 0.29) is 6.04 Å². The van der Waals surface area contributed by atoms with Crippen LogP contribution in [0.3, 0.4) is 0 Å². The molecule has 0 saturated heterocycles. The van der Waals surface area contributed by atoms with Gasteiger partial charge < -0.3 is 10.4 Å². The summed E-state index contributed by atoms with van der Waals surface area (Å²) in [5, 5.41) is 14.1. The van der Waals surface area contributed by atoms with E-state index >= 15 is 0 Å². The first kappa shape index (κ1) is 12.7. The van der Waals surface area contributed by atoms with Gasteiger partial charge in [0.15, 0.2) is 0 Å². The van der Waals surface area contributed by atoms with Crippen LogP contribution < -0.4 is 5.32 Å². The highest BCUT2D eigenvalue weighted by atomic mass is 35.5. The molecule has 0 amide bonds. The minimum Gasteiger partial charge on any atom is -0.508 e. The van der Waals surface area contributed by atoms with E-state index in [0.29, 0.717) is 16.8 Å². The third kappa shape index (κ3) is 3.36. The van der Waals surface area contributed by atoms with Gasteiger partial charge in [-0.1, -0.05) is 30.9 Å². The molecule has 1 saturated carbocycles. The van der Waals surface area contributed by atoms with E-state index in [1.165, 1.54) is 32.1 Å². The predicted molar refractivity (Wildman–Crippen MR) is 71.5 cm³/mol. The van der Waals surface area contributed by atoms with Crippen molar-refractivity contribution >= 4 is 11.6 Å². The van der Waals surface area contributed by atoms with Gasteiger partial charge in [0, 0.05) is 22.7 Å². The number of aromatic hydroxyl groups is 1. The topological polar surface area (TPSA) is 32.3 Å². The minimum atomic E-state index is 0.150. The van der Waals surface area contributed by atoms with Crippen LogP contribution in [0.1, 0.15) is 50.6 Å². The first-order valence-electron chi connectivity index (χ1n) is 6.41. The van der Waals surface area contributed by atoms with Crippen LogP contribution in [0, 0.1) is 0 Å². The summed E-state index contributed by atoms with van der Waals surface area (Å²) in [6, 6.07) is 5.95. The summed E-state index contributed by atoms with van der Waals surface area (Å²) in [4.78, 5) is 0. The Morgan fingerprint density at radius 3 is 2.71 bits per heavy atom. The molecule has 0 aromatic heterocycles. The molecule has 0 bridgehead atoms. The second-order valence-electron chi connectivity index (χ2n) is 4.93. The molecule has 1 aromatic carbocycles. The molecule has 1 aliphatic carbocycles. The van der Waals surface area contributed by atoms with Crippen molar-refractivity contribution in [1.82, 2.24) is 5.32 Å². The SMILES string of the molecule is C[C@H](NC1CCCCC1)c1cc(Cl)ccc1O. The molecule has 0 radical (unpaired) electrons. The predicted octanol–water partition coefficient (Wildman–Crippen LogP) is 4.03. The van der Waals surface area contributed by atoms with Gasteiger partial charge >= 0.3 is 0 Å². The number of hydrogen-bond donors (Lipinski definition) is 2. The number of halogens is 1. The van der Waals surface area contributed by atoms with Gasteiger partial charge in [-0.2, -0.15) is 0 Å². The van der Waals surface area contributed by atoms with Gasteiger partial charge in [-0.25, -0.2) is 0 Å². The molecule has 2 rings (SSSR count). The molecule has 1 aromatic rings. The van der Waals surface area contributed by atoms with E-state index in [4.69, 9.17) is 11.6 Å². The highest BCUT2D eigenvalue weighted by Crippen LogP contribution is 2.29. The van der Waals surface area contributed by atoms with Crippen LogP contribution in [-0.2, 0) is 0 Å². The summed E-state index contributed by atoms with van der Waals surface area (Å²) in [5.41, 5.74) is 0.892. The van der Waals surface area contributed by atoms with E-state index in [9.17, 15) is 5.11 Å². The molecule has 1 atom stereocenters. The van der Waals surface area contributed by atoms with Gasteiger partial charge in [0.05, 0.1) is 0 Å². The Morgan fingerprint density at radius 2 is 2.00 bits per heavy atom. The number of benzene rings is 1. The second kappa shape index (κ2) is 5.74. The normalized spacial score (nSPS) is 19.2. The van der Waals surface area contributed by atoms with Crippen LogP contribution in [0.15, 0.2) is 18.2 Å². The van der Waals surface area contributed by atoms with Crippen molar-refractivity contribution in [2.75, 3.05) is 0 Å². The fraction of sp³-hybridized carbons (Fsp3) is 0.571. The molecule has 0 heterocycles. The van der Waals surface area contributed by atoms with Crippen LogP contribution >= 0.6 is 11.6 Å². The zero-order chi connectivity index (χ0) is 12.3. The zero-order valence-corrected chi connectivity index (χ0v) is 11.0. The van der Waals surface area contributed by atoms with Crippen molar-refractivity contribution in [3.8, 4) is 5.75 Å². The number of hydrogen-bond acceptors (Lipinski definition) is 2. The highest BCUT2D eigenvalue weighted by Gasteiger charge is 2.18. The van der Waals surface area contributed by atoms with Crippen molar-refractivity contribution in [2.24, 2.45) is 0 Å². The maximum absolute atomic E-state index is 9.84. The largest absolute Gasteiger partial charge is 0.508 e. The molecule has 3 heteroatoms. The third-order valence-corrected chi connectivity index (χ3v) is 3.78. The third-order valence-electron chi connectivity index (χ3n) is 3.55. The average Bonchev–Trinajstić information content (AvgIpc) is 2.33. The zero-order valence-electron chi connectivity index (χ0n) is 10.2. The smallest absolute Gasteiger partial charge is 0.120 e. The minimum absolute atomic E-state index is 0.150. The summed E-state index contributed by atoms with van der Waals surface area (Å²) >= 11 is 5.96. The van der Waals surface area contributed by atoms with Crippen molar-refractivity contribution in [2.45, 2.75) is 51.1 Å². The van der Waals surface area contributed by atoms with Crippen LogP contribution in [0.25, 0.3) is 0 Å². The van der Waals surface area contributed by atoms with E-state index in [2.05, 4.69) is 12.2 Å². The molecule has 2 nitrogen and oxygen atoms in total. The van der Waals surface area contributed by atoms with Gasteiger partial charge in [-0.05, 0) is 38.0 Å². The van der Waals surface area contributed by atoms with Crippen LogP contribution in [0.2, 0.25) is 5.02 Å². The second-order valence-corrected chi connectivity index (χ2v) is 5.36. The average molecular weight is 254 g/mol. The standard InChI is InChI=1S/C14H20ClNO/c1-10(16-12-5-3-2-4-6-12)13-9-11(15)7-8-14(13)17/h7-10,12,16-17H,2-6H2,1H3/t10-/m0/s1. The maximum atomic E-state index is 9.84. The first-order chi connectivity index (χ1) is 8.16. The lowest BCUT2D eigenvalue weighted by molar-refractivity contribution is 0.342. The Balaban J connectivity index is 2.02. The molecule has 0 spiro atoms. The summed E-state index contributed by atoms with van der Waals surface area (Å²) in [5.74, 6) is 0.324. The number of phenols is 1. The molecule has 0 aliphatic heterocycles. The lowest BCUT2D eigenvalue weighted by atomic mass is 9.94. The maximum Gasteiger partial charge on any atom is 0.120 e. The molecule has 94 valence electrons. The van der Waals surface area contributed by atoms with Crippen LogP contribution in [0.5, 0.6) is 5.75 Å². The van der Waals surface area contributed by atoms with E-state index in [1.807, 2.05) is 6.07 Å². The Morgan fingerprint density at radius 1 is 1.29 bits per heavy atom. The summed E-state index contributed by atoms with van der Waals surface area (Å²) in [6.07, 6.45) is 6.46. The monoisotopic (exact) mass is 253 g/mol. The molecule has 1 fully saturated rings. The fourth-order valence-corrected chi connectivity index (χ4v) is 2.77. The van der Waals surface area contributed by atoms with Gasteiger partial charge in [0.2, 0.25) is 0 Å². The molecular weight excluding hydrogens is 234 g/mol. The number of rotatable bonds is 3. The fourth-order valence-electron chi connectivity index (χ4n) is 2.58. The Hall–Kier alpha value is -0.730. The molecular formula is C14H20ClNO. The van der Waals surface area contributed by atoms with E-state index in [1.54, 1.807) is 12.1 Å². The van der Waals surface area contributed by atoms with Gasteiger partial charge in [-0.3, -0.25) is 0 Å². The van der Waals surface area contributed by atoms with Gasteiger partial charge in [0.25, 0.3) is 0 Å². The lowest BCUT2D eigenvalue weighted by Crippen LogP contribution is -2.33. The molecule has 17 heavy (non-hydrogen) atoms. The summed E-state index contributed by atoms with van der Waals surface area (Å²) < 4.78 is 0. The van der Waals surface area contributed by atoms with E-state index in [0.717, 1.165) is 5.56 Å². The lowest BCUT2D eigenvalue weighted by Gasteiger charge is -2.27. The molecule has 1 aliphatic rings. The van der Waals surface area contributed by atoms with Crippen LogP contribution in [0.4, 0.5) is 0 Å². The van der Waals surface area contributed by atoms with Crippen molar-refractivity contribution < 1.29 is 5.11 Å². The Bertz CT molecular complexity index is 374. The molecule has 2 N–H and O–H groups in total. The van der Waals surface area contributed by atoms with Crippen molar-refractivity contribution in [3.05, 3.63) is 28.8 Å². The first-order valence-corrected chi connectivity index (χ1v) is 6.79. The summed E-state index contributed by atoms with van der Waals surface area (Å²) in [7, 11) is 0. The van der Waals surface area contributed by atoms with E-state index < -0.39 is 0 Å². The summed E-state index contributed by atoms with van der Waals surface area (Å²) in [6.45, 7) is 2.08. The number of nitrogens with one attached hydrogen (secondary N) is 1. The van der Waals surface area contributed by atoms with Crippen molar-refractivity contribution in [3.63, 3.8) is 0 Å². The van der Waals surface area contributed by atoms with Gasteiger partial charge in [-0.15, -0.1) is 0 Å². The quantitative estimate of drug-likeness (QED) is 0.853. The molecule has 0 unspecified atom stereocenters. The Labute approximate surface area is 108 Å². The van der Waals surface area contributed by atoms with Gasteiger partial charge in [0.1, 0.15) is 5.75 Å². The highest BCUT2D eigenvalue weighted by molar-refractivity contribution is 6.30. The Kier molecular flexibility index (Phi) is 4.30. The number of phenolic OH excluding ortho intramolecular Hbond substituents is 1. The van der Waals surface area contributed by atoms with Crippen LogP contribution in [-0.4, -0.2) is 11.1 Å².